The molecule has 2 rings (SSSR count). The normalized spacial score (nSPS) is 20.1. The first-order valence-electron chi connectivity index (χ1n) is 5.78. The van der Waals surface area contributed by atoms with Crippen LogP contribution in [-0.2, 0) is 10.4 Å². The van der Waals surface area contributed by atoms with Crippen molar-refractivity contribution in [3.8, 4) is 0 Å². The van der Waals surface area contributed by atoms with Gasteiger partial charge in [0.25, 0.3) is 0 Å². The minimum absolute atomic E-state index is 0.455. The number of piperidine rings is 1. The van der Waals surface area contributed by atoms with E-state index in [2.05, 4.69) is 4.90 Å². The standard InChI is InChI=1S/C13H16ClNO2/c14-12-3-1-11(2-4-12)13(17)5-7-15(8-6-13)9-10-16/h1-4,10,17H,5-9H2. The second-order valence-electron chi connectivity index (χ2n) is 4.51. The van der Waals surface area contributed by atoms with Crippen molar-refractivity contribution in [2.75, 3.05) is 19.6 Å². The van der Waals surface area contributed by atoms with Crippen LogP contribution in [-0.4, -0.2) is 35.9 Å². The number of benzene rings is 1. The molecule has 0 radical (unpaired) electrons. The molecule has 1 saturated heterocycles. The molecule has 0 aromatic heterocycles. The average Bonchev–Trinajstić information content (AvgIpc) is 2.33. The Bertz CT molecular complexity index is 383. The van der Waals surface area contributed by atoms with E-state index in [0.717, 1.165) is 24.9 Å². The highest BCUT2D eigenvalue weighted by molar-refractivity contribution is 6.30. The summed E-state index contributed by atoms with van der Waals surface area (Å²) in [6, 6.07) is 7.34. The van der Waals surface area contributed by atoms with Gasteiger partial charge in [-0.15, -0.1) is 0 Å². The minimum Gasteiger partial charge on any atom is -0.385 e. The highest BCUT2D eigenvalue weighted by Crippen LogP contribution is 2.33. The van der Waals surface area contributed by atoms with E-state index in [1.54, 1.807) is 12.1 Å². The first-order valence-corrected chi connectivity index (χ1v) is 6.16. The van der Waals surface area contributed by atoms with E-state index in [0.29, 0.717) is 24.4 Å². The smallest absolute Gasteiger partial charge is 0.133 e. The summed E-state index contributed by atoms with van der Waals surface area (Å²) >= 11 is 5.83. The van der Waals surface area contributed by atoms with Gasteiger partial charge in [0.2, 0.25) is 0 Å². The Morgan fingerprint density at radius 1 is 1.29 bits per heavy atom. The van der Waals surface area contributed by atoms with Crippen LogP contribution >= 0.6 is 11.6 Å². The molecule has 0 saturated carbocycles. The van der Waals surface area contributed by atoms with Crippen LogP contribution in [0.15, 0.2) is 24.3 Å². The minimum atomic E-state index is -0.774. The van der Waals surface area contributed by atoms with Crippen molar-refractivity contribution in [2.45, 2.75) is 18.4 Å². The number of carbonyl (C=O) groups is 1. The van der Waals surface area contributed by atoms with E-state index in [1.165, 1.54) is 0 Å². The zero-order valence-corrected chi connectivity index (χ0v) is 10.4. The van der Waals surface area contributed by atoms with E-state index in [4.69, 9.17) is 11.6 Å². The Balaban J connectivity index is 2.06. The molecule has 1 aliphatic heterocycles. The van der Waals surface area contributed by atoms with Gasteiger partial charge in [0.15, 0.2) is 0 Å². The number of aldehydes is 1. The summed E-state index contributed by atoms with van der Waals surface area (Å²) in [4.78, 5) is 12.5. The highest BCUT2D eigenvalue weighted by atomic mass is 35.5. The zero-order valence-electron chi connectivity index (χ0n) is 9.60. The van der Waals surface area contributed by atoms with Crippen molar-refractivity contribution in [1.82, 2.24) is 4.90 Å². The number of likely N-dealkylation sites (tertiary alicyclic amines) is 1. The van der Waals surface area contributed by atoms with Crippen molar-refractivity contribution in [2.24, 2.45) is 0 Å². The maximum Gasteiger partial charge on any atom is 0.133 e. The van der Waals surface area contributed by atoms with Crippen LogP contribution in [0.25, 0.3) is 0 Å². The fraction of sp³-hybridized carbons (Fsp3) is 0.462. The molecule has 1 heterocycles. The Kier molecular flexibility index (Phi) is 3.82. The molecule has 92 valence electrons. The molecular formula is C13H16ClNO2. The Hall–Kier alpha value is -0.900. The summed E-state index contributed by atoms with van der Waals surface area (Å²) < 4.78 is 0. The van der Waals surface area contributed by atoms with E-state index in [9.17, 15) is 9.90 Å². The Labute approximate surface area is 106 Å². The lowest BCUT2D eigenvalue weighted by Gasteiger charge is -2.37. The number of nitrogens with zero attached hydrogens (tertiary/aromatic N) is 1. The molecule has 0 amide bonds. The lowest BCUT2D eigenvalue weighted by Crippen LogP contribution is -2.43. The molecule has 0 spiro atoms. The van der Waals surface area contributed by atoms with E-state index in [1.807, 2.05) is 12.1 Å². The SMILES string of the molecule is O=CCN1CCC(O)(c2ccc(Cl)cc2)CC1. The van der Waals surface area contributed by atoms with E-state index >= 15 is 0 Å². The molecule has 1 aromatic carbocycles. The second kappa shape index (κ2) is 5.17. The van der Waals surface area contributed by atoms with Gasteiger partial charge in [-0.3, -0.25) is 4.90 Å². The molecule has 3 nitrogen and oxygen atoms in total. The van der Waals surface area contributed by atoms with Gasteiger partial charge in [-0.25, -0.2) is 0 Å². The lowest BCUT2D eigenvalue weighted by atomic mass is 9.84. The number of carbonyl (C=O) groups excluding carboxylic acids is 1. The van der Waals surface area contributed by atoms with Gasteiger partial charge in [0, 0.05) is 18.1 Å². The van der Waals surface area contributed by atoms with Crippen molar-refractivity contribution in [3.05, 3.63) is 34.9 Å². The monoisotopic (exact) mass is 253 g/mol. The van der Waals surface area contributed by atoms with Gasteiger partial charge in [-0.2, -0.15) is 0 Å². The van der Waals surface area contributed by atoms with Crippen molar-refractivity contribution < 1.29 is 9.90 Å². The third-order valence-corrected chi connectivity index (χ3v) is 3.65. The molecule has 4 heteroatoms. The van der Waals surface area contributed by atoms with Gasteiger partial charge < -0.3 is 9.90 Å². The van der Waals surface area contributed by atoms with Crippen molar-refractivity contribution in [1.29, 1.82) is 0 Å². The third kappa shape index (κ3) is 2.86. The summed E-state index contributed by atoms with van der Waals surface area (Å²) in [7, 11) is 0. The van der Waals surface area contributed by atoms with Gasteiger partial charge in [-0.1, -0.05) is 23.7 Å². The quantitative estimate of drug-likeness (QED) is 0.836. The molecule has 1 aliphatic rings. The largest absolute Gasteiger partial charge is 0.385 e. The summed E-state index contributed by atoms with van der Waals surface area (Å²) in [6.07, 6.45) is 2.22. The van der Waals surface area contributed by atoms with Gasteiger partial charge >= 0.3 is 0 Å². The average molecular weight is 254 g/mol. The van der Waals surface area contributed by atoms with Gasteiger partial charge in [0.1, 0.15) is 6.29 Å². The van der Waals surface area contributed by atoms with E-state index in [-0.39, 0.29) is 0 Å². The first kappa shape index (κ1) is 12.6. The molecular weight excluding hydrogens is 238 g/mol. The number of halogens is 1. The second-order valence-corrected chi connectivity index (χ2v) is 4.94. The Morgan fingerprint density at radius 3 is 2.41 bits per heavy atom. The molecule has 17 heavy (non-hydrogen) atoms. The summed E-state index contributed by atoms with van der Waals surface area (Å²) in [5.41, 5.74) is 0.136. The lowest BCUT2D eigenvalue weighted by molar-refractivity contribution is -0.110. The number of aliphatic hydroxyl groups is 1. The molecule has 0 unspecified atom stereocenters. The topological polar surface area (TPSA) is 40.5 Å². The number of hydrogen-bond donors (Lipinski definition) is 1. The predicted molar refractivity (Wildman–Crippen MR) is 67.1 cm³/mol. The number of rotatable bonds is 3. The van der Waals surface area contributed by atoms with Gasteiger partial charge in [0.05, 0.1) is 12.1 Å². The van der Waals surface area contributed by atoms with E-state index < -0.39 is 5.60 Å². The third-order valence-electron chi connectivity index (χ3n) is 3.40. The molecule has 1 fully saturated rings. The van der Waals surface area contributed by atoms with Crippen LogP contribution < -0.4 is 0 Å². The summed E-state index contributed by atoms with van der Waals surface area (Å²) in [5.74, 6) is 0. The molecule has 1 N–H and O–H groups in total. The van der Waals surface area contributed by atoms with Crippen LogP contribution in [0.3, 0.4) is 0 Å². The Morgan fingerprint density at radius 2 is 1.88 bits per heavy atom. The zero-order chi connectivity index (χ0) is 12.3. The molecule has 0 bridgehead atoms. The van der Waals surface area contributed by atoms with Crippen LogP contribution in [0.1, 0.15) is 18.4 Å². The van der Waals surface area contributed by atoms with Crippen molar-refractivity contribution >= 4 is 17.9 Å². The molecule has 1 aromatic rings. The fourth-order valence-corrected chi connectivity index (χ4v) is 2.39. The maximum absolute atomic E-state index is 10.6. The summed E-state index contributed by atoms with van der Waals surface area (Å²) in [6.45, 7) is 1.95. The first-order chi connectivity index (χ1) is 8.14. The number of hydrogen-bond acceptors (Lipinski definition) is 3. The molecule has 0 aliphatic carbocycles. The molecule has 0 atom stereocenters. The van der Waals surface area contributed by atoms with Gasteiger partial charge in [-0.05, 0) is 30.5 Å². The fourth-order valence-electron chi connectivity index (χ4n) is 2.26. The van der Waals surface area contributed by atoms with Crippen LogP contribution in [0, 0.1) is 0 Å². The summed E-state index contributed by atoms with van der Waals surface area (Å²) in [5, 5.41) is 11.2. The maximum atomic E-state index is 10.6. The van der Waals surface area contributed by atoms with Crippen LogP contribution in [0.5, 0.6) is 0 Å². The van der Waals surface area contributed by atoms with Crippen LogP contribution in [0.2, 0.25) is 5.02 Å². The highest BCUT2D eigenvalue weighted by Gasteiger charge is 2.33. The van der Waals surface area contributed by atoms with Crippen LogP contribution in [0.4, 0.5) is 0 Å². The van der Waals surface area contributed by atoms with Crippen molar-refractivity contribution in [3.63, 3.8) is 0 Å². The predicted octanol–water partition coefficient (Wildman–Crippen LogP) is 1.82.